The van der Waals surface area contributed by atoms with Crippen LogP contribution in [0.25, 0.3) is 0 Å². The molecular formula is C14H22N2O4. The summed E-state index contributed by atoms with van der Waals surface area (Å²) in [6.07, 6.45) is 4.38. The number of aliphatic carboxylic acids is 1. The third kappa shape index (κ3) is 2.94. The number of nitrogens with two attached hydrogens (primary N) is 1. The fraction of sp³-hybridized carbons (Fsp3) is 0.786. The Morgan fingerprint density at radius 1 is 1.20 bits per heavy atom. The van der Waals surface area contributed by atoms with E-state index >= 15 is 0 Å². The Bertz CT molecular complexity index is 415. The second kappa shape index (κ2) is 5.81. The highest BCUT2D eigenvalue weighted by Gasteiger charge is 2.44. The molecule has 0 radical (unpaired) electrons. The van der Waals surface area contributed by atoms with Gasteiger partial charge in [-0.25, -0.2) is 0 Å². The minimum absolute atomic E-state index is 0.0494. The zero-order chi connectivity index (χ0) is 14.8. The van der Waals surface area contributed by atoms with Crippen molar-refractivity contribution in [2.45, 2.75) is 44.9 Å². The summed E-state index contributed by atoms with van der Waals surface area (Å²) < 4.78 is 0. The third-order valence-corrected chi connectivity index (χ3v) is 4.68. The maximum atomic E-state index is 12.3. The largest absolute Gasteiger partial charge is 0.481 e. The Hall–Kier alpha value is -1.59. The first kappa shape index (κ1) is 14.8. The summed E-state index contributed by atoms with van der Waals surface area (Å²) in [5.41, 5.74) is 4.40. The molecule has 0 spiro atoms. The molecule has 0 aromatic heterocycles. The van der Waals surface area contributed by atoms with Gasteiger partial charge < -0.3 is 15.7 Å². The molecule has 0 aromatic rings. The van der Waals surface area contributed by atoms with Crippen molar-refractivity contribution >= 4 is 17.8 Å². The lowest BCUT2D eigenvalue weighted by atomic mass is 9.82. The molecule has 2 aliphatic rings. The number of primary amides is 1. The third-order valence-electron chi connectivity index (χ3n) is 4.68. The monoisotopic (exact) mass is 282 g/mol. The number of carboxylic acid groups (broad SMARTS) is 1. The van der Waals surface area contributed by atoms with Gasteiger partial charge in [-0.3, -0.25) is 14.4 Å². The molecule has 0 aromatic carbocycles. The van der Waals surface area contributed by atoms with Gasteiger partial charge in [0, 0.05) is 19.5 Å². The number of nitrogens with zero attached hydrogens (tertiary/aromatic N) is 1. The summed E-state index contributed by atoms with van der Waals surface area (Å²) >= 11 is 0. The topological polar surface area (TPSA) is 101 Å². The van der Waals surface area contributed by atoms with E-state index in [1.807, 2.05) is 0 Å². The van der Waals surface area contributed by atoms with Crippen LogP contribution in [0.2, 0.25) is 0 Å². The van der Waals surface area contributed by atoms with Gasteiger partial charge in [0.25, 0.3) is 0 Å². The molecular weight excluding hydrogens is 260 g/mol. The van der Waals surface area contributed by atoms with Gasteiger partial charge in [0.1, 0.15) is 0 Å². The summed E-state index contributed by atoms with van der Waals surface area (Å²) in [7, 11) is 0. The first-order chi connectivity index (χ1) is 9.44. The number of hydrogen-bond donors (Lipinski definition) is 2. The summed E-state index contributed by atoms with van der Waals surface area (Å²) in [6.45, 7) is 0.933. The summed E-state index contributed by atoms with van der Waals surface area (Å²) in [5, 5.41) is 9.41. The zero-order valence-corrected chi connectivity index (χ0v) is 11.6. The van der Waals surface area contributed by atoms with E-state index in [9.17, 15) is 19.5 Å². The lowest BCUT2D eigenvalue weighted by molar-refractivity contribution is -0.154. The van der Waals surface area contributed by atoms with E-state index in [4.69, 9.17) is 5.73 Å². The van der Waals surface area contributed by atoms with Crippen LogP contribution in [0, 0.1) is 11.3 Å². The number of carbonyl (C=O) groups is 3. The number of amides is 2. The minimum Gasteiger partial charge on any atom is -0.481 e. The van der Waals surface area contributed by atoms with E-state index in [1.165, 1.54) is 0 Å². The van der Waals surface area contributed by atoms with Crippen molar-refractivity contribution in [1.29, 1.82) is 0 Å². The highest BCUT2D eigenvalue weighted by molar-refractivity contribution is 5.86. The van der Waals surface area contributed by atoms with Crippen LogP contribution in [0.1, 0.15) is 44.9 Å². The summed E-state index contributed by atoms with van der Waals surface area (Å²) in [6, 6.07) is 0. The van der Waals surface area contributed by atoms with Crippen LogP contribution in [-0.2, 0) is 14.4 Å². The number of rotatable bonds is 4. The number of likely N-dealkylation sites (tertiary alicyclic amines) is 1. The van der Waals surface area contributed by atoms with Gasteiger partial charge in [0.2, 0.25) is 11.8 Å². The molecule has 112 valence electrons. The average Bonchev–Trinajstić information content (AvgIpc) is 2.88. The Kier molecular flexibility index (Phi) is 4.30. The lowest BCUT2D eigenvalue weighted by Gasteiger charge is -2.33. The number of carbonyl (C=O) groups excluding carboxylic acids is 2. The van der Waals surface area contributed by atoms with Crippen LogP contribution in [-0.4, -0.2) is 40.9 Å². The Labute approximate surface area is 118 Å². The van der Waals surface area contributed by atoms with Crippen molar-refractivity contribution < 1.29 is 19.5 Å². The molecule has 20 heavy (non-hydrogen) atoms. The Morgan fingerprint density at radius 3 is 2.40 bits per heavy atom. The van der Waals surface area contributed by atoms with Crippen LogP contribution in [0.5, 0.6) is 0 Å². The minimum atomic E-state index is -0.892. The number of piperidine rings is 1. The van der Waals surface area contributed by atoms with E-state index in [0.717, 1.165) is 19.3 Å². The molecule has 1 unspecified atom stereocenters. The maximum absolute atomic E-state index is 12.3. The molecule has 3 N–H and O–H groups in total. The molecule has 1 heterocycles. The smallest absolute Gasteiger partial charge is 0.310 e. The maximum Gasteiger partial charge on any atom is 0.310 e. The van der Waals surface area contributed by atoms with E-state index in [-0.39, 0.29) is 24.2 Å². The molecule has 6 nitrogen and oxygen atoms in total. The number of carboxylic acids is 1. The van der Waals surface area contributed by atoms with Crippen LogP contribution in [0.15, 0.2) is 0 Å². The highest BCUT2D eigenvalue weighted by atomic mass is 16.4. The molecule has 2 rings (SSSR count). The molecule has 6 heteroatoms. The Balaban J connectivity index is 2.00. The Morgan fingerprint density at radius 2 is 1.85 bits per heavy atom. The lowest BCUT2D eigenvalue weighted by Crippen LogP contribution is -2.46. The molecule has 1 aliphatic carbocycles. The van der Waals surface area contributed by atoms with Gasteiger partial charge in [-0.05, 0) is 25.7 Å². The van der Waals surface area contributed by atoms with Gasteiger partial charge in [-0.1, -0.05) is 12.8 Å². The SMILES string of the molecule is NC(=O)C1CCCN(C(=O)CC2(C(=O)O)CCCC2)C1. The van der Waals surface area contributed by atoms with Crippen LogP contribution in [0.3, 0.4) is 0 Å². The van der Waals surface area contributed by atoms with Crippen molar-refractivity contribution in [3.05, 3.63) is 0 Å². The molecule has 1 saturated carbocycles. The van der Waals surface area contributed by atoms with Gasteiger partial charge >= 0.3 is 5.97 Å². The first-order valence-corrected chi connectivity index (χ1v) is 7.25. The number of hydrogen-bond acceptors (Lipinski definition) is 3. The van der Waals surface area contributed by atoms with Crippen LogP contribution >= 0.6 is 0 Å². The molecule has 0 bridgehead atoms. The molecule has 1 aliphatic heterocycles. The van der Waals surface area contributed by atoms with E-state index in [2.05, 4.69) is 0 Å². The van der Waals surface area contributed by atoms with Gasteiger partial charge in [-0.15, -0.1) is 0 Å². The second-order valence-corrected chi connectivity index (χ2v) is 6.05. The van der Waals surface area contributed by atoms with E-state index in [0.29, 0.717) is 32.4 Å². The van der Waals surface area contributed by atoms with E-state index in [1.54, 1.807) is 4.90 Å². The predicted octanol–water partition coefficient (Wildman–Crippen LogP) is 0.745. The standard InChI is InChI=1S/C14H22N2O4/c15-12(18)10-4-3-7-16(9-10)11(17)8-14(13(19)20)5-1-2-6-14/h10H,1-9H2,(H2,15,18)(H,19,20). The fourth-order valence-electron chi connectivity index (χ4n) is 3.36. The van der Waals surface area contributed by atoms with Crippen LogP contribution in [0.4, 0.5) is 0 Å². The van der Waals surface area contributed by atoms with Crippen molar-refractivity contribution in [3.8, 4) is 0 Å². The normalized spacial score (nSPS) is 25.4. The second-order valence-electron chi connectivity index (χ2n) is 6.05. The van der Waals surface area contributed by atoms with Crippen LogP contribution < -0.4 is 5.73 Å². The van der Waals surface area contributed by atoms with Crippen molar-refractivity contribution in [1.82, 2.24) is 4.90 Å². The quantitative estimate of drug-likeness (QED) is 0.794. The summed E-state index contributed by atoms with van der Waals surface area (Å²) in [5.74, 6) is -1.69. The summed E-state index contributed by atoms with van der Waals surface area (Å²) in [4.78, 5) is 36.7. The molecule has 2 fully saturated rings. The average molecular weight is 282 g/mol. The molecule has 1 atom stereocenters. The molecule has 1 saturated heterocycles. The highest BCUT2D eigenvalue weighted by Crippen LogP contribution is 2.42. The van der Waals surface area contributed by atoms with Gasteiger partial charge in [0.05, 0.1) is 11.3 Å². The zero-order valence-electron chi connectivity index (χ0n) is 11.6. The first-order valence-electron chi connectivity index (χ1n) is 7.25. The van der Waals surface area contributed by atoms with Gasteiger partial charge in [0.15, 0.2) is 0 Å². The fourth-order valence-corrected chi connectivity index (χ4v) is 3.36. The van der Waals surface area contributed by atoms with Crippen molar-refractivity contribution in [2.24, 2.45) is 17.1 Å². The predicted molar refractivity (Wildman–Crippen MR) is 71.7 cm³/mol. The van der Waals surface area contributed by atoms with Gasteiger partial charge in [-0.2, -0.15) is 0 Å². The molecule has 2 amide bonds. The van der Waals surface area contributed by atoms with Crippen molar-refractivity contribution in [2.75, 3.05) is 13.1 Å². The van der Waals surface area contributed by atoms with Crippen molar-refractivity contribution in [3.63, 3.8) is 0 Å². The van der Waals surface area contributed by atoms with E-state index < -0.39 is 11.4 Å².